The molecule has 0 unspecified atom stereocenters. The quantitative estimate of drug-likeness (QED) is 0.848. The summed E-state index contributed by atoms with van der Waals surface area (Å²) in [6.07, 6.45) is 6.20. The number of urea groups is 1. The highest BCUT2D eigenvalue weighted by Crippen LogP contribution is 2.40. The van der Waals surface area contributed by atoms with Crippen molar-refractivity contribution < 1.29 is 14.3 Å². The van der Waals surface area contributed by atoms with E-state index >= 15 is 0 Å². The van der Waals surface area contributed by atoms with E-state index in [9.17, 15) is 9.59 Å². The van der Waals surface area contributed by atoms with Gasteiger partial charge >= 0.3 is 6.03 Å². The van der Waals surface area contributed by atoms with Crippen LogP contribution in [0.4, 0.5) is 4.79 Å². The molecule has 2 aliphatic heterocycles. The fraction of sp³-hybridized carbons (Fsp3) is 0.636. The number of carbonyl (C=O) groups excluding carboxylic acids is 2. The van der Waals surface area contributed by atoms with E-state index in [2.05, 4.69) is 10.2 Å². The van der Waals surface area contributed by atoms with Gasteiger partial charge in [0.25, 0.3) is 0 Å². The fourth-order valence-electron chi connectivity index (χ4n) is 4.63. The van der Waals surface area contributed by atoms with Crippen LogP contribution < -0.4 is 10.1 Å². The van der Waals surface area contributed by atoms with Crippen molar-refractivity contribution in [1.29, 1.82) is 0 Å². The lowest BCUT2D eigenvalue weighted by Gasteiger charge is -2.48. The number of nitrogens with one attached hydrogen (secondary N) is 1. The maximum absolute atomic E-state index is 12.8. The number of carbonyl (C=O) groups is 2. The first-order valence-electron chi connectivity index (χ1n) is 10.5. The average Bonchev–Trinajstić information content (AvgIpc) is 3.54. The number of hydrogen-bond acceptors (Lipinski definition) is 3. The van der Waals surface area contributed by atoms with Gasteiger partial charge in [0, 0.05) is 44.6 Å². The maximum Gasteiger partial charge on any atom is 0.317 e. The van der Waals surface area contributed by atoms with Crippen LogP contribution in [-0.2, 0) is 11.3 Å². The van der Waals surface area contributed by atoms with E-state index in [1.165, 1.54) is 12.8 Å². The van der Waals surface area contributed by atoms with Crippen molar-refractivity contribution in [2.45, 2.75) is 45.1 Å². The lowest BCUT2D eigenvalue weighted by molar-refractivity contribution is -0.139. The highest BCUT2D eigenvalue weighted by Gasteiger charge is 2.43. The molecule has 28 heavy (non-hydrogen) atoms. The molecule has 1 saturated carbocycles. The molecule has 2 heterocycles. The molecule has 1 atom stereocenters. The first kappa shape index (κ1) is 19.1. The van der Waals surface area contributed by atoms with Crippen LogP contribution in [0.1, 0.15) is 44.1 Å². The summed E-state index contributed by atoms with van der Waals surface area (Å²) in [4.78, 5) is 29.1. The Morgan fingerprint density at radius 1 is 1.21 bits per heavy atom. The van der Waals surface area contributed by atoms with Crippen LogP contribution in [0.5, 0.6) is 5.75 Å². The summed E-state index contributed by atoms with van der Waals surface area (Å²) >= 11 is 0. The number of rotatable bonds is 5. The minimum atomic E-state index is 0.000496. The normalized spacial score (nSPS) is 25.1. The summed E-state index contributed by atoms with van der Waals surface area (Å²) in [6, 6.07) is 7.76. The molecular weight excluding hydrogens is 354 g/mol. The van der Waals surface area contributed by atoms with E-state index in [-0.39, 0.29) is 11.4 Å². The number of amides is 3. The van der Waals surface area contributed by atoms with Crippen molar-refractivity contribution >= 4 is 11.9 Å². The molecule has 2 saturated heterocycles. The summed E-state index contributed by atoms with van der Waals surface area (Å²) in [7, 11) is 1.65. The molecule has 0 bridgehead atoms. The Bertz CT molecular complexity index is 716. The Kier molecular flexibility index (Phi) is 5.47. The van der Waals surface area contributed by atoms with E-state index in [0.717, 1.165) is 56.8 Å². The number of benzene rings is 1. The number of methoxy groups -OCH3 is 1. The Labute approximate surface area is 167 Å². The molecular formula is C22H31N3O3. The molecule has 3 fully saturated rings. The van der Waals surface area contributed by atoms with Crippen LogP contribution in [-0.4, -0.2) is 55.0 Å². The van der Waals surface area contributed by atoms with Gasteiger partial charge in [0.1, 0.15) is 5.75 Å². The van der Waals surface area contributed by atoms with Gasteiger partial charge in [-0.05, 0) is 55.7 Å². The molecule has 152 valence electrons. The summed E-state index contributed by atoms with van der Waals surface area (Å²) in [5.41, 5.74) is 1.14. The van der Waals surface area contributed by atoms with Crippen molar-refractivity contribution in [2.24, 2.45) is 11.3 Å². The highest BCUT2D eigenvalue weighted by atomic mass is 16.5. The molecule has 1 spiro atoms. The summed E-state index contributed by atoms with van der Waals surface area (Å²) < 4.78 is 5.17. The van der Waals surface area contributed by atoms with Crippen molar-refractivity contribution in [3.8, 4) is 5.75 Å². The number of hydrogen-bond donors (Lipinski definition) is 1. The first-order chi connectivity index (χ1) is 13.6. The smallest absolute Gasteiger partial charge is 0.317 e. The van der Waals surface area contributed by atoms with Crippen LogP contribution >= 0.6 is 0 Å². The molecule has 6 heteroatoms. The second-order valence-corrected chi connectivity index (χ2v) is 8.75. The minimum Gasteiger partial charge on any atom is -0.497 e. The van der Waals surface area contributed by atoms with Gasteiger partial charge in [-0.2, -0.15) is 0 Å². The third-order valence-electron chi connectivity index (χ3n) is 6.48. The molecule has 1 aromatic rings. The average molecular weight is 386 g/mol. The molecule has 3 aliphatic rings. The molecule has 3 amide bonds. The summed E-state index contributed by atoms with van der Waals surface area (Å²) in [6.45, 7) is 3.82. The van der Waals surface area contributed by atoms with E-state index in [1.807, 2.05) is 29.2 Å². The maximum atomic E-state index is 12.8. The fourth-order valence-corrected chi connectivity index (χ4v) is 4.63. The molecule has 1 aromatic carbocycles. The monoisotopic (exact) mass is 385 g/mol. The van der Waals surface area contributed by atoms with Gasteiger partial charge in [-0.3, -0.25) is 4.79 Å². The minimum absolute atomic E-state index is 0.000496. The van der Waals surface area contributed by atoms with Crippen molar-refractivity contribution in [2.75, 3.05) is 33.3 Å². The number of likely N-dealkylation sites (tertiary alicyclic amines) is 2. The molecule has 1 N–H and O–H groups in total. The summed E-state index contributed by atoms with van der Waals surface area (Å²) in [5.74, 6) is 1.83. The third kappa shape index (κ3) is 4.42. The number of piperidine rings is 2. The lowest BCUT2D eigenvalue weighted by Crippen LogP contribution is -2.56. The Morgan fingerprint density at radius 3 is 2.71 bits per heavy atom. The van der Waals surface area contributed by atoms with Crippen molar-refractivity contribution in [3.05, 3.63) is 29.8 Å². The molecule has 0 radical (unpaired) electrons. The highest BCUT2D eigenvalue weighted by molar-refractivity contribution is 5.77. The topological polar surface area (TPSA) is 61.9 Å². The van der Waals surface area contributed by atoms with E-state index < -0.39 is 0 Å². The predicted octanol–water partition coefficient (Wildman–Crippen LogP) is 3.02. The van der Waals surface area contributed by atoms with Gasteiger partial charge in [-0.15, -0.1) is 0 Å². The largest absolute Gasteiger partial charge is 0.497 e. The summed E-state index contributed by atoms with van der Waals surface area (Å²) in [5, 5.41) is 3.06. The Hall–Kier alpha value is -2.24. The SMILES string of the molecule is COc1ccc(CNC(=O)N2CCC[C@@]3(CCC(=O)N(CC4CC4)C3)C2)cc1. The van der Waals surface area contributed by atoms with Gasteiger partial charge in [-0.1, -0.05) is 12.1 Å². The van der Waals surface area contributed by atoms with E-state index in [4.69, 9.17) is 4.74 Å². The second-order valence-electron chi connectivity index (χ2n) is 8.75. The third-order valence-corrected chi connectivity index (χ3v) is 6.48. The molecule has 4 rings (SSSR count). The molecule has 6 nitrogen and oxygen atoms in total. The number of ether oxygens (including phenoxy) is 1. The van der Waals surface area contributed by atoms with Crippen LogP contribution in [0.15, 0.2) is 24.3 Å². The standard InChI is InChI=1S/C22H31N3O3/c1-28-19-7-5-17(6-8-19)13-23-21(27)24-12-2-10-22(15-24)11-9-20(26)25(16-22)14-18-3-4-18/h5-8,18H,2-4,9-16H2,1H3,(H,23,27)/t22-/m1/s1. The van der Waals surface area contributed by atoms with Crippen LogP contribution in [0, 0.1) is 11.3 Å². The van der Waals surface area contributed by atoms with Crippen LogP contribution in [0.3, 0.4) is 0 Å². The van der Waals surface area contributed by atoms with E-state index in [1.54, 1.807) is 7.11 Å². The van der Waals surface area contributed by atoms with Gasteiger partial charge < -0.3 is 19.9 Å². The second kappa shape index (κ2) is 8.02. The van der Waals surface area contributed by atoms with Crippen LogP contribution in [0.25, 0.3) is 0 Å². The molecule has 0 aromatic heterocycles. The van der Waals surface area contributed by atoms with Gasteiger partial charge in [-0.25, -0.2) is 4.79 Å². The van der Waals surface area contributed by atoms with Gasteiger partial charge in [0.2, 0.25) is 5.91 Å². The first-order valence-corrected chi connectivity index (χ1v) is 10.5. The Balaban J connectivity index is 1.33. The van der Waals surface area contributed by atoms with Crippen LogP contribution in [0.2, 0.25) is 0 Å². The number of nitrogens with zero attached hydrogens (tertiary/aromatic N) is 2. The zero-order valence-corrected chi connectivity index (χ0v) is 16.8. The van der Waals surface area contributed by atoms with Gasteiger partial charge in [0.05, 0.1) is 7.11 Å². The van der Waals surface area contributed by atoms with Crippen molar-refractivity contribution in [3.63, 3.8) is 0 Å². The zero-order chi connectivity index (χ0) is 19.6. The zero-order valence-electron chi connectivity index (χ0n) is 16.8. The Morgan fingerprint density at radius 2 is 2.00 bits per heavy atom. The van der Waals surface area contributed by atoms with Gasteiger partial charge in [0.15, 0.2) is 0 Å². The molecule has 1 aliphatic carbocycles. The lowest BCUT2D eigenvalue weighted by atomic mass is 9.73. The van der Waals surface area contributed by atoms with Crippen molar-refractivity contribution in [1.82, 2.24) is 15.1 Å². The predicted molar refractivity (Wildman–Crippen MR) is 107 cm³/mol. The van der Waals surface area contributed by atoms with E-state index in [0.29, 0.717) is 24.8 Å².